The summed E-state index contributed by atoms with van der Waals surface area (Å²) in [5.41, 5.74) is -0.606. The van der Waals surface area contributed by atoms with Gasteiger partial charge in [0.1, 0.15) is 9.84 Å². The molecule has 2 aliphatic heterocycles. The molecular weight excluding hydrogens is 278 g/mol. The van der Waals surface area contributed by atoms with Crippen LogP contribution in [0.5, 0.6) is 0 Å². The van der Waals surface area contributed by atoms with Gasteiger partial charge in [0.05, 0.1) is 11.4 Å². The van der Waals surface area contributed by atoms with Crippen molar-refractivity contribution in [2.24, 2.45) is 11.8 Å². The van der Waals surface area contributed by atoms with Crippen LogP contribution in [-0.4, -0.2) is 68.9 Å². The van der Waals surface area contributed by atoms with E-state index in [0.717, 1.165) is 45.6 Å². The van der Waals surface area contributed by atoms with Gasteiger partial charge in [-0.1, -0.05) is 6.92 Å². The molecule has 2 rings (SSSR count). The highest BCUT2D eigenvalue weighted by molar-refractivity contribution is 7.90. The molecule has 0 aliphatic carbocycles. The highest BCUT2D eigenvalue weighted by atomic mass is 32.2. The monoisotopic (exact) mass is 305 g/mol. The molecule has 0 bridgehead atoms. The second-order valence-corrected chi connectivity index (χ2v) is 8.72. The molecule has 2 saturated heterocycles. The summed E-state index contributed by atoms with van der Waals surface area (Å²) in [4.78, 5) is 2.17. The van der Waals surface area contributed by atoms with Gasteiger partial charge < -0.3 is 14.7 Å². The third-order valence-corrected chi connectivity index (χ3v) is 5.84. The van der Waals surface area contributed by atoms with Crippen molar-refractivity contribution in [1.82, 2.24) is 4.90 Å². The Balaban J connectivity index is 1.91. The molecule has 2 atom stereocenters. The normalized spacial score (nSPS) is 34.2. The molecule has 0 radical (unpaired) electrons. The van der Waals surface area contributed by atoms with Crippen molar-refractivity contribution in [3.63, 3.8) is 0 Å². The van der Waals surface area contributed by atoms with E-state index in [1.165, 1.54) is 6.26 Å². The van der Waals surface area contributed by atoms with Crippen molar-refractivity contribution in [2.75, 3.05) is 44.9 Å². The van der Waals surface area contributed by atoms with Gasteiger partial charge in [-0.25, -0.2) is 8.42 Å². The van der Waals surface area contributed by atoms with Crippen LogP contribution in [-0.2, 0) is 14.6 Å². The zero-order chi connectivity index (χ0) is 14.8. The van der Waals surface area contributed by atoms with Gasteiger partial charge in [-0.15, -0.1) is 0 Å². The van der Waals surface area contributed by atoms with E-state index in [1.807, 2.05) is 0 Å². The molecule has 20 heavy (non-hydrogen) atoms. The summed E-state index contributed by atoms with van der Waals surface area (Å²) in [6.45, 7) is 5.72. The highest BCUT2D eigenvalue weighted by Crippen LogP contribution is 2.39. The molecule has 0 aromatic heterocycles. The van der Waals surface area contributed by atoms with E-state index in [4.69, 9.17) is 4.74 Å². The van der Waals surface area contributed by atoms with Crippen LogP contribution in [0.15, 0.2) is 0 Å². The predicted molar refractivity (Wildman–Crippen MR) is 78.4 cm³/mol. The maximum atomic E-state index is 11.2. The molecular formula is C14H27NO4S. The Bertz CT molecular complexity index is 419. The van der Waals surface area contributed by atoms with Crippen LogP contribution >= 0.6 is 0 Å². The van der Waals surface area contributed by atoms with Gasteiger partial charge in [0.2, 0.25) is 0 Å². The van der Waals surface area contributed by atoms with E-state index in [0.29, 0.717) is 12.5 Å². The van der Waals surface area contributed by atoms with Gasteiger partial charge in [0.15, 0.2) is 0 Å². The molecule has 2 fully saturated rings. The third-order valence-electron chi connectivity index (χ3n) is 4.92. The Morgan fingerprint density at radius 1 is 1.35 bits per heavy atom. The summed E-state index contributed by atoms with van der Waals surface area (Å²) in [5, 5.41) is 11.0. The molecule has 2 aliphatic rings. The first-order valence-corrected chi connectivity index (χ1v) is 9.57. The number of aliphatic hydroxyl groups is 1. The SMILES string of the molecule is C[C@@H]1CN(CCS(C)(=O)=O)CC[C@@]1(O)C1CCOCC1. The lowest BCUT2D eigenvalue weighted by molar-refractivity contribution is -0.130. The van der Waals surface area contributed by atoms with Crippen molar-refractivity contribution in [2.45, 2.75) is 31.8 Å². The van der Waals surface area contributed by atoms with Crippen molar-refractivity contribution in [1.29, 1.82) is 0 Å². The van der Waals surface area contributed by atoms with Gasteiger partial charge in [-0.05, 0) is 31.1 Å². The molecule has 0 amide bonds. The molecule has 5 nitrogen and oxygen atoms in total. The molecule has 0 aromatic rings. The first kappa shape index (κ1) is 16.2. The molecule has 6 heteroatoms. The van der Waals surface area contributed by atoms with E-state index in [9.17, 15) is 13.5 Å². The topological polar surface area (TPSA) is 66.8 Å². The quantitative estimate of drug-likeness (QED) is 0.821. The standard InChI is InChI=1S/C14H27NO4S/c1-12-11-15(7-10-20(2,17)18)6-5-14(12,16)13-3-8-19-9-4-13/h12-13,16H,3-11H2,1-2H3/t12-,14+/m1/s1. The van der Waals surface area contributed by atoms with Gasteiger partial charge in [0.25, 0.3) is 0 Å². The number of rotatable bonds is 4. The zero-order valence-corrected chi connectivity index (χ0v) is 13.4. The molecule has 0 aromatic carbocycles. The van der Waals surface area contributed by atoms with Crippen molar-refractivity contribution in [3.05, 3.63) is 0 Å². The van der Waals surface area contributed by atoms with E-state index in [-0.39, 0.29) is 11.7 Å². The number of sulfone groups is 1. The maximum Gasteiger partial charge on any atom is 0.148 e. The van der Waals surface area contributed by atoms with E-state index < -0.39 is 15.4 Å². The van der Waals surface area contributed by atoms with Crippen LogP contribution < -0.4 is 0 Å². The van der Waals surface area contributed by atoms with Crippen LogP contribution in [0.2, 0.25) is 0 Å². The van der Waals surface area contributed by atoms with Crippen LogP contribution in [0.4, 0.5) is 0 Å². The van der Waals surface area contributed by atoms with Gasteiger partial charge in [0, 0.05) is 39.1 Å². The number of hydrogen-bond donors (Lipinski definition) is 1. The first-order chi connectivity index (χ1) is 9.31. The number of ether oxygens (including phenoxy) is 1. The fourth-order valence-corrected chi connectivity index (χ4v) is 4.11. The minimum Gasteiger partial charge on any atom is -0.389 e. The average Bonchev–Trinajstić information content (AvgIpc) is 2.40. The van der Waals surface area contributed by atoms with E-state index in [2.05, 4.69) is 11.8 Å². The summed E-state index contributed by atoms with van der Waals surface area (Å²) in [6.07, 6.45) is 3.88. The molecule has 0 spiro atoms. The van der Waals surface area contributed by atoms with Gasteiger partial charge in [-0.3, -0.25) is 0 Å². The molecule has 2 heterocycles. The number of likely N-dealkylation sites (tertiary alicyclic amines) is 1. The second-order valence-electron chi connectivity index (χ2n) is 6.46. The Hall–Kier alpha value is -0.170. The summed E-state index contributed by atoms with van der Waals surface area (Å²) >= 11 is 0. The average molecular weight is 305 g/mol. The van der Waals surface area contributed by atoms with E-state index >= 15 is 0 Å². The number of piperidine rings is 1. The van der Waals surface area contributed by atoms with Crippen molar-refractivity contribution >= 4 is 9.84 Å². The zero-order valence-electron chi connectivity index (χ0n) is 12.5. The lowest BCUT2D eigenvalue weighted by Gasteiger charge is -2.48. The second kappa shape index (κ2) is 6.30. The minimum absolute atomic E-state index is 0.180. The molecule has 0 saturated carbocycles. The van der Waals surface area contributed by atoms with Crippen LogP contribution in [0.3, 0.4) is 0 Å². The predicted octanol–water partition coefficient (Wildman–Crippen LogP) is 0.530. The summed E-state index contributed by atoms with van der Waals surface area (Å²) in [7, 11) is -2.91. The van der Waals surface area contributed by atoms with Crippen LogP contribution in [0.1, 0.15) is 26.2 Å². The van der Waals surface area contributed by atoms with Crippen LogP contribution in [0.25, 0.3) is 0 Å². The van der Waals surface area contributed by atoms with Crippen molar-refractivity contribution in [3.8, 4) is 0 Å². The fraction of sp³-hybridized carbons (Fsp3) is 1.00. The molecule has 0 unspecified atom stereocenters. The fourth-order valence-electron chi connectivity index (χ4n) is 3.52. The molecule has 1 N–H and O–H groups in total. The number of hydrogen-bond acceptors (Lipinski definition) is 5. The van der Waals surface area contributed by atoms with Crippen molar-refractivity contribution < 1.29 is 18.3 Å². The summed E-state index contributed by atoms with van der Waals surface area (Å²) in [6, 6.07) is 0. The summed E-state index contributed by atoms with van der Waals surface area (Å²) < 4.78 is 27.9. The Labute approximate surface area is 122 Å². The lowest BCUT2D eigenvalue weighted by Crippen LogP contribution is -2.56. The Kier molecular flexibility index (Phi) is 5.10. The smallest absolute Gasteiger partial charge is 0.148 e. The highest BCUT2D eigenvalue weighted by Gasteiger charge is 2.45. The van der Waals surface area contributed by atoms with E-state index in [1.54, 1.807) is 0 Å². The van der Waals surface area contributed by atoms with Gasteiger partial charge in [-0.2, -0.15) is 0 Å². The van der Waals surface area contributed by atoms with Crippen LogP contribution in [0, 0.1) is 11.8 Å². The maximum absolute atomic E-state index is 11.2. The first-order valence-electron chi connectivity index (χ1n) is 7.51. The Morgan fingerprint density at radius 3 is 2.55 bits per heavy atom. The van der Waals surface area contributed by atoms with Gasteiger partial charge >= 0.3 is 0 Å². The summed E-state index contributed by atoms with van der Waals surface area (Å²) in [5.74, 6) is 0.706. The molecule has 118 valence electrons. The largest absolute Gasteiger partial charge is 0.389 e. The Morgan fingerprint density at radius 2 is 2.00 bits per heavy atom. The minimum atomic E-state index is -2.91. The number of nitrogens with zero attached hydrogens (tertiary/aromatic N) is 1. The lowest BCUT2D eigenvalue weighted by atomic mass is 9.70. The third kappa shape index (κ3) is 3.93.